The third-order valence-corrected chi connectivity index (χ3v) is 5.87. The smallest absolute Gasteiger partial charge is 0.139 e. The Kier molecular flexibility index (Phi) is 3.80. The van der Waals surface area contributed by atoms with Crippen LogP contribution in [-0.4, -0.2) is 21.6 Å². The SMILES string of the molecule is C[C@@H]1CC(=O)Cc2cc(Cl)cc(-c3ccc4c(c3)c(C3CC3)nn4C)c2N1. The van der Waals surface area contributed by atoms with Gasteiger partial charge in [0, 0.05) is 53.5 Å². The summed E-state index contributed by atoms with van der Waals surface area (Å²) in [5, 5.41) is 10.2. The molecule has 1 atom stereocenters. The minimum Gasteiger partial charge on any atom is -0.381 e. The number of fused-ring (bicyclic) bond motifs is 2. The van der Waals surface area contributed by atoms with E-state index in [1.54, 1.807) is 0 Å². The molecule has 5 rings (SSSR count). The summed E-state index contributed by atoms with van der Waals surface area (Å²) in [6.45, 7) is 2.06. The number of aromatic nitrogens is 2. The van der Waals surface area contributed by atoms with Gasteiger partial charge in [0.25, 0.3) is 0 Å². The molecule has 2 aromatic carbocycles. The Hall–Kier alpha value is -2.33. The first-order chi connectivity index (χ1) is 13.0. The molecule has 1 fully saturated rings. The third kappa shape index (κ3) is 2.92. The van der Waals surface area contributed by atoms with E-state index in [4.69, 9.17) is 16.7 Å². The van der Waals surface area contributed by atoms with Crippen molar-refractivity contribution in [1.29, 1.82) is 0 Å². The number of hydrogen-bond acceptors (Lipinski definition) is 3. The molecule has 0 saturated heterocycles. The van der Waals surface area contributed by atoms with Gasteiger partial charge in [0.15, 0.2) is 0 Å². The first-order valence-electron chi connectivity index (χ1n) is 9.57. The lowest BCUT2D eigenvalue weighted by Gasteiger charge is -2.18. The maximum absolute atomic E-state index is 12.2. The van der Waals surface area contributed by atoms with Crippen LogP contribution in [-0.2, 0) is 18.3 Å². The lowest BCUT2D eigenvalue weighted by Crippen LogP contribution is -2.17. The van der Waals surface area contributed by atoms with Gasteiger partial charge in [0.05, 0.1) is 11.2 Å². The van der Waals surface area contributed by atoms with Crippen molar-refractivity contribution in [1.82, 2.24) is 9.78 Å². The highest BCUT2D eigenvalue weighted by atomic mass is 35.5. The monoisotopic (exact) mass is 379 g/mol. The third-order valence-electron chi connectivity index (χ3n) is 5.65. The zero-order valence-corrected chi connectivity index (χ0v) is 16.3. The van der Waals surface area contributed by atoms with Crippen LogP contribution >= 0.6 is 11.6 Å². The molecule has 27 heavy (non-hydrogen) atoms. The van der Waals surface area contributed by atoms with Crippen molar-refractivity contribution in [2.75, 3.05) is 5.32 Å². The Morgan fingerprint density at radius 3 is 2.81 bits per heavy atom. The van der Waals surface area contributed by atoms with E-state index in [1.807, 2.05) is 23.9 Å². The summed E-state index contributed by atoms with van der Waals surface area (Å²) in [7, 11) is 2.01. The largest absolute Gasteiger partial charge is 0.381 e. The lowest BCUT2D eigenvalue weighted by atomic mass is 9.96. The average molecular weight is 380 g/mol. The van der Waals surface area contributed by atoms with Crippen LogP contribution in [0.5, 0.6) is 0 Å². The number of carbonyl (C=O) groups is 1. The Morgan fingerprint density at radius 2 is 2.04 bits per heavy atom. The predicted octanol–water partition coefficient (Wildman–Crippen LogP) is 5.09. The molecule has 1 aliphatic heterocycles. The number of benzene rings is 2. The molecular formula is C22H22ClN3O. The Bertz CT molecular complexity index is 1080. The molecule has 0 amide bonds. The fourth-order valence-electron chi connectivity index (χ4n) is 4.24. The summed E-state index contributed by atoms with van der Waals surface area (Å²) in [4.78, 5) is 12.2. The molecule has 0 bridgehead atoms. The van der Waals surface area contributed by atoms with Crippen molar-refractivity contribution < 1.29 is 4.79 Å². The number of aryl methyl sites for hydroxylation is 1. The van der Waals surface area contributed by atoms with Gasteiger partial charge in [-0.2, -0.15) is 5.10 Å². The fourth-order valence-corrected chi connectivity index (χ4v) is 4.48. The molecule has 2 aliphatic rings. The zero-order chi connectivity index (χ0) is 18.7. The summed E-state index contributed by atoms with van der Waals surface area (Å²) in [6, 6.07) is 10.5. The number of halogens is 1. The molecule has 138 valence electrons. The van der Waals surface area contributed by atoms with Gasteiger partial charge in [0.2, 0.25) is 0 Å². The number of anilines is 1. The molecule has 1 saturated carbocycles. The van der Waals surface area contributed by atoms with Crippen molar-refractivity contribution in [2.24, 2.45) is 7.05 Å². The lowest BCUT2D eigenvalue weighted by molar-refractivity contribution is -0.118. The van der Waals surface area contributed by atoms with E-state index in [1.165, 1.54) is 23.9 Å². The minimum absolute atomic E-state index is 0.114. The highest BCUT2D eigenvalue weighted by Crippen LogP contribution is 2.44. The van der Waals surface area contributed by atoms with Gasteiger partial charge in [-0.25, -0.2) is 0 Å². The fraction of sp³-hybridized carbons (Fsp3) is 0.364. The van der Waals surface area contributed by atoms with Crippen molar-refractivity contribution >= 4 is 34.0 Å². The van der Waals surface area contributed by atoms with E-state index in [0.29, 0.717) is 23.8 Å². The van der Waals surface area contributed by atoms with Gasteiger partial charge < -0.3 is 5.32 Å². The van der Waals surface area contributed by atoms with Crippen LogP contribution in [0.1, 0.15) is 43.4 Å². The van der Waals surface area contributed by atoms with Gasteiger partial charge >= 0.3 is 0 Å². The van der Waals surface area contributed by atoms with Crippen LogP contribution in [0, 0.1) is 0 Å². The van der Waals surface area contributed by atoms with E-state index >= 15 is 0 Å². The van der Waals surface area contributed by atoms with Gasteiger partial charge in [0.1, 0.15) is 5.78 Å². The Labute approximate surface area is 163 Å². The quantitative estimate of drug-likeness (QED) is 0.674. The Balaban J connectivity index is 1.71. The van der Waals surface area contributed by atoms with Gasteiger partial charge in [-0.3, -0.25) is 9.48 Å². The molecule has 0 unspecified atom stereocenters. The molecule has 1 aromatic heterocycles. The van der Waals surface area contributed by atoms with Crippen LogP contribution in [0.2, 0.25) is 5.02 Å². The molecule has 4 nitrogen and oxygen atoms in total. The molecule has 0 radical (unpaired) electrons. The second-order valence-electron chi connectivity index (χ2n) is 7.97. The predicted molar refractivity (Wildman–Crippen MR) is 110 cm³/mol. The molecule has 1 aliphatic carbocycles. The van der Waals surface area contributed by atoms with Crippen molar-refractivity contribution in [3.63, 3.8) is 0 Å². The van der Waals surface area contributed by atoms with E-state index < -0.39 is 0 Å². The van der Waals surface area contributed by atoms with E-state index in [-0.39, 0.29) is 11.8 Å². The van der Waals surface area contributed by atoms with Gasteiger partial charge in [-0.15, -0.1) is 0 Å². The number of rotatable bonds is 2. The summed E-state index contributed by atoms with van der Waals surface area (Å²) in [5.41, 5.74) is 6.57. The van der Waals surface area contributed by atoms with Crippen LogP contribution in [0.15, 0.2) is 30.3 Å². The molecule has 3 aromatic rings. The number of ketones is 1. The maximum atomic E-state index is 12.2. The minimum atomic E-state index is 0.114. The second kappa shape index (κ2) is 6.10. The zero-order valence-electron chi connectivity index (χ0n) is 15.6. The summed E-state index contributed by atoms with van der Waals surface area (Å²) >= 11 is 6.43. The van der Waals surface area contributed by atoms with E-state index in [9.17, 15) is 4.79 Å². The first kappa shape index (κ1) is 16.8. The number of nitrogens with zero attached hydrogens (tertiary/aromatic N) is 2. The summed E-state index contributed by atoms with van der Waals surface area (Å²) < 4.78 is 1.98. The highest BCUT2D eigenvalue weighted by molar-refractivity contribution is 6.31. The molecular weight excluding hydrogens is 358 g/mol. The number of nitrogens with one attached hydrogen (secondary N) is 1. The number of hydrogen-bond donors (Lipinski definition) is 1. The normalized spacial score (nSPS) is 19.7. The number of carbonyl (C=O) groups excluding carboxylic acids is 1. The van der Waals surface area contributed by atoms with Crippen LogP contribution < -0.4 is 5.32 Å². The van der Waals surface area contributed by atoms with Gasteiger partial charge in [-0.05, 0) is 55.2 Å². The van der Waals surface area contributed by atoms with Crippen molar-refractivity contribution in [3.8, 4) is 11.1 Å². The Morgan fingerprint density at radius 1 is 1.22 bits per heavy atom. The average Bonchev–Trinajstić information content (AvgIpc) is 3.42. The molecule has 2 heterocycles. The van der Waals surface area contributed by atoms with Crippen LogP contribution in [0.25, 0.3) is 22.0 Å². The first-order valence-corrected chi connectivity index (χ1v) is 9.95. The maximum Gasteiger partial charge on any atom is 0.139 e. The van der Waals surface area contributed by atoms with E-state index in [0.717, 1.165) is 27.9 Å². The van der Waals surface area contributed by atoms with Gasteiger partial charge in [-0.1, -0.05) is 17.7 Å². The topological polar surface area (TPSA) is 46.9 Å². The van der Waals surface area contributed by atoms with Crippen LogP contribution in [0.3, 0.4) is 0 Å². The molecule has 1 N–H and O–H groups in total. The van der Waals surface area contributed by atoms with Crippen molar-refractivity contribution in [3.05, 3.63) is 46.6 Å². The van der Waals surface area contributed by atoms with E-state index in [2.05, 4.69) is 30.4 Å². The molecule has 0 spiro atoms. The van der Waals surface area contributed by atoms with Crippen molar-refractivity contribution in [2.45, 2.75) is 44.6 Å². The summed E-state index contributed by atoms with van der Waals surface area (Å²) in [6.07, 6.45) is 3.43. The number of Topliss-reactive ketones (excluding diaryl/α,β-unsaturated/α-hetero) is 1. The van der Waals surface area contributed by atoms with Crippen LogP contribution in [0.4, 0.5) is 5.69 Å². The molecule has 5 heteroatoms. The summed E-state index contributed by atoms with van der Waals surface area (Å²) in [5.74, 6) is 0.844. The highest BCUT2D eigenvalue weighted by Gasteiger charge is 2.29. The standard InChI is InChI=1S/C22H22ClN3O/c1-12-7-17(27)9-15-8-16(23)11-18(21(15)24-12)14-5-6-20-19(10-14)22(13-3-4-13)25-26(20)2/h5-6,8,10-13,24H,3-4,7,9H2,1-2H3/t12-/m1/s1. The second-order valence-corrected chi connectivity index (χ2v) is 8.40.